The van der Waals surface area contributed by atoms with Crippen molar-refractivity contribution < 1.29 is 14.3 Å². The number of ether oxygens (including phenoxy) is 1. The Balaban J connectivity index is 2.54. The smallest absolute Gasteiger partial charge is 0.245 e. The van der Waals surface area contributed by atoms with Gasteiger partial charge in [0.1, 0.15) is 6.04 Å². The van der Waals surface area contributed by atoms with Gasteiger partial charge in [0.15, 0.2) is 0 Å². The average molecular weight is 270 g/mol. The molecule has 5 nitrogen and oxygen atoms in total. The first-order valence-corrected chi connectivity index (χ1v) is 7.20. The number of nitrogens with one attached hydrogen (secondary N) is 1. The molecular weight excluding hydrogens is 244 g/mol. The Kier molecular flexibility index (Phi) is 6.84. The van der Waals surface area contributed by atoms with E-state index in [1.165, 1.54) is 0 Å². The number of carbonyl (C=O) groups is 2. The average Bonchev–Trinajstić information content (AvgIpc) is 2.47. The van der Waals surface area contributed by atoms with Gasteiger partial charge < -0.3 is 15.0 Å². The molecule has 1 aliphatic heterocycles. The molecule has 19 heavy (non-hydrogen) atoms. The zero-order valence-electron chi connectivity index (χ0n) is 12.3. The fourth-order valence-corrected chi connectivity index (χ4v) is 2.17. The highest BCUT2D eigenvalue weighted by Crippen LogP contribution is 2.11. The highest BCUT2D eigenvalue weighted by atomic mass is 16.5. The van der Waals surface area contributed by atoms with E-state index in [-0.39, 0.29) is 17.9 Å². The maximum atomic E-state index is 12.3. The second kappa shape index (κ2) is 8.15. The summed E-state index contributed by atoms with van der Waals surface area (Å²) >= 11 is 0. The Morgan fingerprint density at radius 3 is 2.74 bits per heavy atom. The number of rotatable bonds is 7. The van der Waals surface area contributed by atoms with Crippen molar-refractivity contribution in [2.45, 2.75) is 46.1 Å². The first kappa shape index (κ1) is 16.0. The van der Waals surface area contributed by atoms with Crippen LogP contribution in [0.2, 0.25) is 0 Å². The summed E-state index contributed by atoms with van der Waals surface area (Å²) in [6, 6.07) is -0.374. The van der Waals surface area contributed by atoms with Crippen molar-refractivity contribution >= 4 is 11.8 Å². The van der Waals surface area contributed by atoms with E-state index in [1.54, 1.807) is 4.90 Å². The zero-order chi connectivity index (χ0) is 14.3. The molecule has 0 aromatic heterocycles. The molecule has 0 aromatic carbocycles. The second-order valence-electron chi connectivity index (χ2n) is 5.44. The summed E-state index contributed by atoms with van der Waals surface area (Å²) in [7, 11) is 0. The number of hydrogen-bond donors (Lipinski definition) is 1. The highest BCUT2D eigenvalue weighted by molar-refractivity contribution is 5.89. The third-order valence-corrected chi connectivity index (χ3v) is 3.11. The molecule has 0 radical (unpaired) electrons. The Bertz CT molecular complexity index is 305. The van der Waals surface area contributed by atoms with Crippen LogP contribution in [0.4, 0.5) is 0 Å². The second-order valence-corrected chi connectivity index (χ2v) is 5.44. The molecule has 2 amide bonds. The molecule has 1 fully saturated rings. The van der Waals surface area contributed by atoms with E-state index in [2.05, 4.69) is 26.1 Å². The van der Waals surface area contributed by atoms with E-state index < -0.39 is 0 Å². The lowest BCUT2D eigenvalue weighted by Gasteiger charge is -2.24. The molecule has 1 aliphatic rings. The van der Waals surface area contributed by atoms with Crippen molar-refractivity contribution in [3.8, 4) is 0 Å². The van der Waals surface area contributed by atoms with Gasteiger partial charge >= 0.3 is 0 Å². The van der Waals surface area contributed by atoms with Gasteiger partial charge in [0.25, 0.3) is 0 Å². The van der Waals surface area contributed by atoms with Crippen LogP contribution in [0, 0.1) is 5.92 Å². The van der Waals surface area contributed by atoms with Gasteiger partial charge in [-0.3, -0.25) is 9.59 Å². The van der Waals surface area contributed by atoms with Crippen LogP contribution in [0.5, 0.6) is 0 Å². The Labute approximate surface area is 115 Å². The third kappa shape index (κ3) is 5.59. The lowest BCUT2D eigenvalue weighted by atomic mass is 10.0. The van der Waals surface area contributed by atoms with Gasteiger partial charge in [-0.2, -0.15) is 0 Å². The zero-order valence-corrected chi connectivity index (χ0v) is 12.3. The van der Waals surface area contributed by atoms with Crippen molar-refractivity contribution in [1.82, 2.24) is 10.2 Å². The summed E-state index contributed by atoms with van der Waals surface area (Å²) in [6.07, 6.45) is 2.05. The van der Waals surface area contributed by atoms with Crippen molar-refractivity contribution in [1.29, 1.82) is 0 Å². The van der Waals surface area contributed by atoms with E-state index in [0.29, 0.717) is 45.1 Å². The van der Waals surface area contributed by atoms with Gasteiger partial charge in [0.05, 0.1) is 6.61 Å². The Morgan fingerprint density at radius 2 is 2.11 bits per heavy atom. The Morgan fingerprint density at radius 1 is 1.37 bits per heavy atom. The molecule has 0 aliphatic carbocycles. The summed E-state index contributed by atoms with van der Waals surface area (Å²) in [6.45, 7) is 8.49. The van der Waals surface area contributed by atoms with Crippen LogP contribution in [0.15, 0.2) is 0 Å². The van der Waals surface area contributed by atoms with E-state index in [9.17, 15) is 9.59 Å². The summed E-state index contributed by atoms with van der Waals surface area (Å²) in [5.74, 6) is 0.376. The first-order chi connectivity index (χ1) is 9.04. The van der Waals surface area contributed by atoms with Gasteiger partial charge in [-0.25, -0.2) is 0 Å². The predicted octanol–water partition coefficient (Wildman–Crippen LogP) is 1.18. The molecule has 5 heteroatoms. The fraction of sp³-hybridized carbons (Fsp3) is 0.857. The van der Waals surface area contributed by atoms with Gasteiger partial charge in [-0.15, -0.1) is 0 Å². The number of amides is 2. The molecule has 1 heterocycles. The molecule has 0 spiro atoms. The summed E-state index contributed by atoms with van der Waals surface area (Å²) in [5.41, 5.74) is 0. The first-order valence-electron chi connectivity index (χ1n) is 7.20. The van der Waals surface area contributed by atoms with Gasteiger partial charge in [-0.05, 0) is 18.8 Å². The topological polar surface area (TPSA) is 58.6 Å². The van der Waals surface area contributed by atoms with E-state index >= 15 is 0 Å². The van der Waals surface area contributed by atoms with Crippen LogP contribution in [-0.2, 0) is 14.3 Å². The standard InChI is InChI=1S/C14H26N2O3/c1-4-8-19-9-7-16-6-5-13(17)15-12(14(16)18)10-11(2)3/h11-12H,4-10H2,1-3H3,(H,15,17). The fourth-order valence-electron chi connectivity index (χ4n) is 2.17. The maximum Gasteiger partial charge on any atom is 0.245 e. The molecular formula is C14H26N2O3. The lowest BCUT2D eigenvalue weighted by molar-refractivity contribution is -0.134. The van der Waals surface area contributed by atoms with Gasteiger partial charge in [0.2, 0.25) is 11.8 Å². The van der Waals surface area contributed by atoms with E-state index in [0.717, 1.165) is 6.42 Å². The highest BCUT2D eigenvalue weighted by Gasteiger charge is 2.29. The van der Waals surface area contributed by atoms with Crippen LogP contribution >= 0.6 is 0 Å². The monoisotopic (exact) mass is 270 g/mol. The minimum absolute atomic E-state index is 0.0275. The Hall–Kier alpha value is -1.10. The molecule has 1 atom stereocenters. The van der Waals surface area contributed by atoms with Crippen LogP contribution in [0.3, 0.4) is 0 Å². The van der Waals surface area contributed by atoms with Gasteiger partial charge in [0, 0.05) is 26.1 Å². The summed E-state index contributed by atoms with van der Waals surface area (Å²) in [5, 5.41) is 2.82. The third-order valence-electron chi connectivity index (χ3n) is 3.11. The van der Waals surface area contributed by atoms with Crippen LogP contribution in [-0.4, -0.2) is 49.1 Å². The molecule has 0 bridgehead atoms. The molecule has 0 saturated carbocycles. The lowest BCUT2D eigenvalue weighted by Crippen LogP contribution is -2.46. The molecule has 1 unspecified atom stereocenters. The molecule has 1 N–H and O–H groups in total. The van der Waals surface area contributed by atoms with Crippen LogP contribution in [0.25, 0.3) is 0 Å². The molecule has 1 rings (SSSR count). The summed E-state index contributed by atoms with van der Waals surface area (Å²) in [4.78, 5) is 25.7. The van der Waals surface area contributed by atoms with Crippen LogP contribution < -0.4 is 5.32 Å². The molecule has 1 saturated heterocycles. The van der Waals surface area contributed by atoms with Crippen LogP contribution in [0.1, 0.15) is 40.0 Å². The van der Waals surface area contributed by atoms with E-state index in [4.69, 9.17) is 4.74 Å². The number of carbonyl (C=O) groups excluding carboxylic acids is 2. The summed E-state index contributed by atoms with van der Waals surface area (Å²) < 4.78 is 5.42. The number of nitrogens with zero attached hydrogens (tertiary/aromatic N) is 1. The van der Waals surface area contributed by atoms with Gasteiger partial charge in [-0.1, -0.05) is 20.8 Å². The minimum Gasteiger partial charge on any atom is -0.380 e. The predicted molar refractivity (Wildman–Crippen MR) is 73.7 cm³/mol. The minimum atomic E-state index is -0.374. The largest absolute Gasteiger partial charge is 0.380 e. The van der Waals surface area contributed by atoms with E-state index in [1.807, 2.05) is 0 Å². The normalized spacial score (nSPS) is 20.6. The van der Waals surface area contributed by atoms with Crippen molar-refractivity contribution in [2.24, 2.45) is 5.92 Å². The maximum absolute atomic E-state index is 12.3. The van der Waals surface area contributed by atoms with Crippen molar-refractivity contribution in [2.75, 3.05) is 26.3 Å². The van der Waals surface area contributed by atoms with Crippen molar-refractivity contribution in [3.63, 3.8) is 0 Å². The number of hydrogen-bond acceptors (Lipinski definition) is 3. The molecule has 0 aromatic rings. The van der Waals surface area contributed by atoms with Crippen molar-refractivity contribution in [3.05, 3.63) is 0 Å². The molecule has 110 valence electrons. The SMILES string of the molecule is CCCOCCN1CCC(=O)NC(CC(C)C)C1=O. The quantitative estimate of drug-likeness (QED) is 0.707.